The van der Waals surface area contributed by atoms with Gasteiger partial charge in [-0.15, -0.1) is 5.10 Å². The number of halogens is 2. The number of hydrogen-bond donors (Lipinski definition) is 0. The van der Waals surface area contributed by atoms with Crippen LogP contribution in [0.3, 0.4) is 0 Å². The molecule has 2 aromatic rings. The Morgan fingerprint density at radius 3 is 2.96 bits per heavy atom. The topological polar surface area (TPSA) is 47.4 Å². The number of rotatable bonds is 4. The number of carbonyl (C=O) groups is 1. The van der Waals surface area contributed by atoms with Crippen LogP contribution in [0, 0.1) is 11.6 Å². The number of allylic oxidation sites excluding steroid dienone is 3. The van der Waals surface area contributed by atoms with Gasteiger partial charge >= 0.3 is 0 Å². The van der Waals surface area contributed by atoms with Gasteiger partial charge in [0.2, 0.25) is 5.88 Å². The van der Waals surface area contributed by atoms with E-state index in [9.17, 15) is 13.6 Å². The Balaban J connectivity index is 1.44. The highest BCUT2D eigenvalue weighted by atomic mass is 19.2. The van der Waals surface area contributed by atoms with Crippen molar-refractivity contribution in [3.8, 4) is 5.88 Å². The predicted octanol–water partition coefficient (Wildman–Crippen LogP) is 3.47. The average Bonchev–Trinajstić information content (AvgIpc) is 3.11. The second-order valence-corrected chi connectivity index (χ2v) is 6.61. The van der Waals surface area contributed by atoms with Crippen LogP contribution in [0.15, 0.2) is 48.1 Å². The molecule has 0 bridgehead atoms. The van der Waals surface area contributed by atoms with Gasteiger partial charge in [-0.25, -0.2) is 8.78 Å². The van der Waals surface area contributed by atoms with E-state index in [-0.39, 0.29) is 12.1 Å². The van der Waals surface area contributed by atoms with E-state index >= 15 is 0 Å². The Kier molecular flexibility index (Phi) is 4.75. The summed E-state index contributed by atoms with van der Waals surface area (Å²) in [5.74, 6) is -2.15. The molecule has 1 aliphatic heterocycles. The molecule has 0 atom stereocenters. The molecule has 0 unspecified atom stereocenters. The van der Waals surface area contributed by atoms with Crippen molar-refractivity contribution >= 4 is 5.91 Å². The zero-order valence-electron chi connectivity index (χ0n) is 14.7. The van der Waals surface area contributed by atoms with Gasteiger partial charge in [-0.1, -0.05) is 24.3 Å². The molecule has 0 saturated carbocycles. The maximum atomic E-state index is 13.9. The molecule has 5 nitrogen and oxygen atoms in total. The summed E-state index contributed by atoms with van der Waals surface area (Å²) in [5, 5.41) is 4.41. The number of hydrogen-bond acceptors (Lipinski definition) is 3. The third-order valence-electron chi connectivity index (χ3n) is 4.75. The maximum Gasteiger partial charge on any atom is 0.257 e. The molecule has 1 aromatic carbocycles. The van der Waals surface area contributed by atoms with Crippen molar-refractivity contribution in [1.82, 2.24) is 14.7 Å². The number of nitrogens with zero attached hydrogens (tertiary/aromatic N) is 3. The van der Waals surface area contributed by atoms with Crippen LogP contribution in [0.5, 0.6) is 5.88 Å². The zero-order valence-corrected chi connectivity index (χ0v) is 14.7. The molecule has 0 spiro atoms. The first-order chi connectivity index (χ1) is 13.1. The molecule has 1 aromatic heterocycles. The van der Waals surface area contributed by atoms with Crippen LogP contribution in [0.25, 0.3) is 0 Å². The third-order valence-corrected chi connectivity index (χ3v) is 4.75. The lowest BCUT2D eigenvalue weighted by atomic mass is 10.1. The smallest absolute Gasteiger partial charge is 0.257 e. The van der Waals surface area contributed by atoms with E-state index in [4.69, 9.17) is 4.74 Å². The monoisotopic (exact) mass is 371 g/mol. The fourth-order valence-electron chi connectivity index (χ4n) is 3.26. The van der Waals surface area contributed by atoms with Crippen molar-refractivity contribution in [2.75, 3.05) is 13.2 Å². The lowest BCUT2D eigenvalue weighted by Gasteiger charge is -2.27. The molecule has 1 aliphatic carbocycles. The second-order valence-electron chi connectivity index (χ2n) is 6.61. The summed E-state index contributed by atoms with van der Waals surface area (Å²) in [6.07, 6.45) is 8.18. The molecule has 0 saturated heterocycles. The molecule has 2 aliphatic rings. The van der Waals surface area contributed by atoms with Gasteiger partial charge in [-0.3, -0.25) is 9.48 Å². The molecule has 1 amide bonds. The maximum absolute atomic E-state index is 13.9. The van der Waals surface area contributed by atoms with E-state index in [0.717, 1.165) is 24.6 Å². The van der Waals surface area contributed by atoms with E-state index in [1.165, 1.54) is 22.6 Å². The Morgan fingerprint density at radius 2 is 2.15 bits per heavy atom. The molecule has 0 N–H and O–H groups in total. The first-order valence-corrected chi connectivity index (χ1v) is 8.89. The van der Waals surface area contributed by atoms with E-state index in [1.807, 2.05) is 12.2 Å². The number of amides is 1. The largest absolute Gasteiger partial charge is 0.472 e. The SMILES string of the molecule is O=C(c1cccc(F)c1F)N1CCn2nc(OCC3=CC=CCC3)cc2C1. The summed E-state index contributed by atoms with van der Waals surface area (Å²) in [7, 11) is 0. The molecule has 27 heavy (non-hydrogen) atoms. The second kappa shape index (κ2) is 7.34. The predicted molar refractivity (Wildman–Crippen MR) is 95.3 cm³/mol. The standard InChI is InChI=1S/C20H19F2N3O2/c21-17-8-4-7-16(19(17)22)20(26)24-9-10-25-15(12-24)11-18(23-25)27-13-14-5-2-1-3-6-14/h1-2,4-5,7-8,11H,3,6,9-10,12-13H2. The van der Waals surface area contributed by atoms with Crippen LogP contribution >= 0.6 is 0 Å². The van der Waals surface area contributed by atoms with Gasteiger partial charge in [0.05, 0.1) is 24.3 Å². The van der Waals surface area contributed by atoms with E-state index in [0.29, 0.717) is 25.6 Å². The molecule has 4 rings (SSSR count). The van der Waals surface area contributed by atoms with Crippen molar-refractivity contribution < 1.29 is 18.3 Å². The Bertz CT molecular complexity index is 933. The molecule has 0 fully saturated rings. The number of benzene rings is 1. The Morgan fingerprint density at radius 1 is 1.26 bits per heavy atom. The third kappa shape index (κ3) is 3.63. The van der Waals surface area contributed by atoms with Gasteiger partial charge in [0, 0.05) is 12.6 Å². The number of ether oxygens (including phenoxy) is 1. The number of fused-ring (bicyclic) bond motifs is 1. The molecule has 140 valence electrons. The van der Waals surface area contributed by atoms with E-state index < -0.39 is 17.5 Å². The van der Waals surface area contributed by atoms with Gasteiger partial charge in [0.25, 0.3) is 5.91 Å². The van der Waals surface area contributed by atoms with Crippen molar-refractivity contribution in [1.29, 1.82) is 0 Å². The lowest BCUT2D eigenvalue weighted by Crippen LogP contribution is -2.38. The van der Waals surface area contributed by atoms with Gasteiger partial charge in [-0.05, 0) is 30.5 Å². The minimum Gasteiger partial charge on any atom is -0.472 e. The Labute approximate surface area is 155 Å². The molecule has 0 radical (unpaired) electrons. The van der Waals surface area contributed by atoms with Crippen LogP contribution < -0.4 is 4.74 Å². The fraction of sp³-hybridized carbons (Fsp3) is 0.300. The highest BCUT2D eigenvalue weighted by Gasteiger charge is 2.26. The minimum atomic E-state index is -1.11. The van der Waals surface area contributed by atoms with Crippen LogP contribution in [0.4, 0.5) is 8.78 Å². The first-order valence-electron chi connectivity index (χ1n) is 8.89. The minimum absolute atomic E-state index is 0.253. The number of carbonyl (C=O) groups excluding carboxylic acids is 1. The number of aromatic nitrogens is 2. The van der Waals surface area contributed by atoms with Crippen molar-refractivity contribution in [3.05, 3.63) is 71.0 Å². The van der Waals surface area contributed by atoms with Crippen molar-refractivity contribution in [2.45, 2.75) is 25.9 Å². The molecular formula is C20H19F2N3O2. The molecule has 7 heteroatoms. The van der Waals surface area contributed by atoms with Crippen LogP contribution in [0.1, 0.15) is 28.9 Å². The normalized spacial score (nSPS) is 16.1. The quantitative estimate of drug-likeness (QED) is 0.827. The van der Waals surface area contributed by atoms with Crippen LogP contribution in [-0.4, -0.2) is 33.7 Å². The van der Waals surface area contributed by atoms with E-state index in [2.05, 4.69) is 11.2 Å². The lowest BCUT2D eigenvalue weighted by molar-refractivity contribution is 0.0700. The summed E-state index contributed by atoms with van der Waals surface area (Å²) in [6.45, 7) is 1.61. The molecular weight excluding hydrogens is 352 g/mol. The summed E-state index contributed by atoms with van der Waals surface area (Å²) in [5.41, 5.74) is 1.76. The average molecular weight is 371 g/mol. The van der Waals surface area contributed by atoms with E-state index in [1.54, 1.807) is 10.7 Å². The molecule has 2 heterocycles. The summed E-state index contributed by atoms with van der Waals surface area (Å²) >= 11 is 0. The van der Waals surface area contributed by atoms with Gasteiger partial charge in [0.15, 0.2) is 11.6 Å². The Hall–Kier alpha value is -2.96. The van der Waals surface area contributed by atoms with Gasteiger partial charge in [0.1, 0.15) is 6.61 Å². The summed E-state index contributed by atoms with van der Waals surface area (Å²) in [6, 6.07) is 5.42. The van der Waals surface area contributed by atoms with Gasteiger partial charge < -0.3 is 9.64 Å². The summed E-state index contributed by atoms with van der Waals surface area (Å²) < 4.78 is 34.9. The first kappa shape index (κ1) is 17.5. The fourth-order valence-corrected chi connectivity index (χ4v) is 3.26. The van der Waals surface area contributed by atoms with Crippen LogP contribution in [-0.2, 0) is 13.1 Å². The van der Waals surface area contributed by atoms with Crippen molar-refractivity contribution in [2.24, 2.45) is 0 Å². The zero-order chi connectivity index (χ0) is 18.8. The van der Waals surface area contributed by atoms with Crippen LogP contribution in [0.2, 0.25) is 0 Å². The van der Waals surface area contributed by atoms with Gasteiger partial charge in [-0.2, -0.15) is 0 Å². The summed E-state index contributed by atoms with van der Waals surface area (Å²) in [4.78, 5) is 14.1. The van der Waals surface area contributed by atoms with Crippen molar-refractivity contribution in [3.63, 3.8) is 0 Å². The highest BCUT2D eigenvalue weighted by molar-refractivity contribution is 5.94. The highest BCUT2D eigenvalue weighted by Crippen LogP contribution is 2.22.